The van der Waals surface area contributed by atoms with E-state index in [0.29, 0.717) is 0 Å². The summed E-state index contributed by atoms with van der Waals surface area (Å²) in [5.41, 5.74) is 0. The molecule has 0 aromatic heterocycles. The van der Waals surface area contributed by atoms with Crippen LogP contribution >= 0.6 is 23.5 Å². The molecular weight excluding hydrogens is 525 g/mol. The normalized spacial score (nSPS) is 21.4. The van der Waals surface area contributed by atoms with Crippen LogP contribution in [0.15, 0.2) is 0 Å². The topological polar surface area (TPSA) is 289 Å². The Labute approximate surface area is 187 Å². The molecule has 0 radical (unpaired) electrons. The SMILES string of the molecule is O=P(O)(OC[C@@H](O)COP(=O)(O)OC[C@@H](O)CO)OC[C@H](O)COP(=O)(O)OC[C@H](O)CO. The summed E-state index contributed by atoms with van der Waals surface area (Å²) >= 11 is 0. The number of rotatable bonds is 20. The average molecular weight is 554 g/mol. The first-order chi connectivity index (χ1) is 15.1. The number of aliphatic hydroxyl groups excluding tert-OH is 6. The second kappa shape index (κ2) is 16.0. The van der Waals surface area contributed by atoms with E-state index in [1.165, 1.54) is 0 Å². The Balaban J connectivity index is 4.25. The summed E-state index contributed by atoms with van der Waals surface area (Å²) < 4.78 is 60.7. The molecule has 0 heterocycles. The van der Waals surface area contributed by atoms with E-state index >= 15 is 0 Å². The van der Waals surface area contributed by atoms with Gasteiger partial charge in [-0.15, -0.1) is 0 Å². The molecule has 0 aliphatic rings. The van der Waals surface area contributed by atoms with Crippen LogP contribution in [-0.4, -0.2) is 123 Å². The van der Waals surface area contributed by atoms with Crippen LogP contribution in [0.5, 0.6) is 0 Å². The Morgan fingerprint density at radius 1 is 0.455 bits per heavy atom. The van der Waals surface area contributed by atoms with Gasteiger partial charge in [-0.05, 0) is 0 Å². The number of phosphoric ester groups is 3. The highest BCUT2D eigenvalue weighted by Crippen LogP contribution is 2.46. The zero-order chi connectivity index (χ0) is 25.7. The number of aliphatic hydroxyl groups is 6. The van der Waals surface area contributed by atoms with E-state index in [1.807, 2.05) is 0 Å². The molecule has 18 nitrogen and oxygen atoms in total. The molecule has 3 unspecified atom stereocenters. The zero-order valence-electron chi connectivity index (χ0n) is 17.0. The average Bonchev–Trinajstić information content (AvgIpc) is 2.75. The maximum atomic E-state index is 11.7. The van der Waals surface area contributed by atoms with E-state index in [2.05, 4.69) is 27.1 Å². The lowest BCUT2D eigenvalue weighted by atomic mass is 10.4. The summed E-state index contributed by atoms with van der Waals surface area (Å²) in [7, 11) is -14.3. The molecule has 200 valence electrons. The minimum absolute atomic E-state index is 0.745. The van der Waals surface area contributed by atoms with Crippen LogP contribution in [0.3, 0.4) is 0 Å². The van der Waals surface area contributed by atoms with Crippen molar-refractivity contribution in [3.63, 3.8) is 0 Å². The quantitative estimate of drug-likeness (QED) is 0.0670. The molecule has 0 aromatic carbocycles. The van der Waals surface area contributed by atoms with Crippen LogP contribution in [0, 0.1) is 0 Å². The van der Waals surface area contributed by atoms with E-state index in [1.54, 1.807) is 0 Å². The zero-order valence-corrected chi connectivity index (χ0v) is 19.7. The summed E-state index contributed by atoms with van der Waals surface area (Å²) in [6.07, 6.45) is -6.34. The van der Waals surface area contributed by atoms with Crippen molar-refractivity contribution in [2.45, 2.75) is 24.4 Å². The van der Waals surface area contributed by atoms with E-state index in [9.17, 15) is 38.6 Å². The summed E-state index contributed by atoms with van der Waals surface area (Å²) in [4.78, 5) is 28.0. The first kappa shape index (κ1) is 33.1. The van der Waals surface area contributed by atoms with Gasteiger partial charge in [0.25, 0.3) is 0 Å². The molecule has 7 atom stereocenters. The molecule has 0 rings (SSSR count). The highest BCUT2D eigenvalue weighted by molar-refractivity contribution is 7.47. The summed E-state index contributed by atoms with van der Waals surface area (Å²) in [5, 5.41) is 54.3. The number of phosphoric acid groups is 3. The molecule has 0 spiro atoms. The van der Waals surface area contributed by atoms with E-state index < -0.39 is 101 Å². The van der Waals surface area contributed by atoms with Gasteiger partial charge >= 0.3 is 23.5 Å². The lowest BCUT2D eigenvalue weighted by Gasteiger charge is -2.19. The highest BCUT2D eigenvalue weighted by atomic mass is 31.2. The van der Waals surface area contributed by atoms with Crippen LogP contribution in [0.1, 0.15) is 0 Å². The summed E-state index contributed by atoms with van der Waals surface area (Å²) in [6, 6.07) is 0. The van der Waals surface area contributed by atoms with Gasteiger partial charge in [0.05, 0.1) is 52.9 Å². The molecule has 0 bridgehead atoms. The Hall–Kier alpha value is 0.0900. The second-order valence-corrected chi connectivity index (χ2v) is 10.5. The van der Waals surface area contributed by atoms with Gasteiger partial charge in [-0.1, -0.05) is 0 Å². The van der Waals surface area contributed by atoms with Crippen molar-refractivity contribution in [3.05, 3.63) is 0 Å². The molecule has 0 aromatic rings. The summed E-state index contributed by atoms with van der Waals surface area (Å²) in [5.74, 6) is 0. The van der Waals surface area contributed by atoms with Gasteiger partial charge in [-0.3, -0.25) is 27.1 Å². The molecule has 0 aliphatic carbocycles. The molecule has 9 N–H and O–H groups in total. The van der Waals surface area contributed by atoms with Crippen molar-refractivity contribution in [2.75, 3.05) is 52.9 Å². The fourth-order valence-corrected chi connectivity index (χ4v) is 3.78. The number of hydrogen-bond acceptors (Lipinski definition) is 15. The van der Waals surface area contributed by atoms with Gasteiger partial charge in [0, 0.05) is 0 Å². The van der Waals surface area contributed by atoms with Gasteiger partial charge in [0.15, 0.2) is 0 Å². The van der Waals surface area contributed by atoms with Gasteiger partial charge in [0.1, 0.15) is 24.4 Å². The second-order valence-electron chi connectivity index (χ2n) is 6.16. The third kappa shape index (κ3) is 18.1. The van der Waals surface area contributed by atoms with Gasteiger partial charge < -0.3 is 45.3 Å². The van der Waals surface area contributed by atoms with Gasteiger partial charge in [0.2, 0.25) is 0 Å². The minimum atomic E-state index is -4.87. The van der Waals surface area contributed by atoms with Crippen molar-refractivity contribution in [1.82, 2.24) is 0 Å². The molecule has 0 fully saturated rings. The van der Waals surface area contributed by atoms with Crippen LogP contribution in [0.4, 0.5) is 0 Å². The van der Waals surface area contributed by atoms with E-state index in [-0.39, 0.29) is 0 Å². The lowest BCUT2D eigenvalue weighted by Crippen LogP contribution is -2.24. The van der Waals surface area contributed by atoms with Gasteiger partial charge in [-0.25, -0.2) is 13.7 Å². The van der Waals surface area contributed by atoms with Crippen molar-refractivity contribution >= 4 is 23.5 Å². The molecular formula is C12H29O18P3. The maximum absolute atomic E-state index is 11.7. The van der Waals surface area contributed by atoms with Crippen LogP contribution in [-0.2, 0) is 40.8 Å². The van der Waals surface area contributed by atoms with Gasteiger partial charge in [-0.2, -0.15) is 0 Å². The highest BCUT2D eigenvalue weighted by Gasteiger charge is 2.29. The molecule has 0 amide bonds. The largest absolute Gasteiger partial charge is 0.472 e. The molecule has 0 aliphatic heterocycles. The Morgan fingerprint density at radius 3 is 0.818 bits per heavy atom. The maximum Gasteiger partial charge on any atom is 0.472 e. The third-order valence-electron chi connectivity index (χ3n) is 3.00. The van der Waals surface area contributed by atoms with Crippen molar-refractivity contribution < 1.29 is 86.2 Å². The Morgan fingerprint density at radius 2 is 0.636 bits per heavy atom. The molecule has 0 saturated heterocycles. The first-order valence-electron chi connectivity index (χ1n) is 8.91. The first-order valence-corrected chi connectivity index (χ1v) is 13.4. The van der Waals surface area contributed by atoms with Crippen LogP contribution in [0.25, 0.3) is 0 Å². The smallest absolute Gasteiger partial charge is 0.394 e. The lowest BCUT2D eigenvalue weighted by molar-refractivity contribution is 0.00308. The Kier molecular flexibility index (Phi) is 16.0. The molecule has 0 saturated carbocycles. The third-order valence-corrected chi connectivity index (χ3v) is 5.85. The predicted molar refractivity (Wildman–Crippen MR) is 103 cm³/mol. The van der Waals surface area contributed by atoms with E-state index in [4.69, 9.17) is 20.4 Å². The predicted octanol–water partition coefficient (Wildman–Crippen LogP) is -3.18. The van der Waals surface area contributed by atoms with Crippen LogP contribution in [0.2, 0.25) is 0 Å². The summed E-state index contributed by atoms with van der Waals surface area (Å²) in [6.45, 7) is -6.67. The van der Waals surface area contributed by atoms with Crippen molar-refractivity contribution in [2.24, 2.45) is 0 Å². The van der Waals surface area contributed by atoms with Crippen molar-refractivity contribution in [1.29, 1.82) is 0 Å². The molecule has 33 heavy (non-hydrogen) atoms. The molecule has 21 heteroatoms. The fourth-order valence-electron chi connectivity index (χ4n) is 1.39. The minimum Gasteiger partial charge on any atom is -0.394 e. The van der Waals surface area contributed by atoms with E-state index in [0.717, 1.165) is 0 Å². The standard InChI is InChI=1S/C12H29O18P3/c13-1-9(15)3-25-31(19,20)27-5-11(17)7-29-33(23,24)30-8-12(18)6-28-32(21,22)26-4-10(16)2-14/h9-18H,1-8H2,(H,19,20)(H,21,22)(H,23,24)/t9-,10+,11-,12+. The Bertz CT molecular complexity index is 624. The fraction of sp³-hybridized carbons (Fsp3) is 1.00. The van der Waals surface area contributed by atoms with Crippen LogP contribution < -0.4 is 0 Å². The monoisotopic (exact) mass is 554 g/mol. The number of hydrogen-bond donors (Lipinski definition) is 9. The van der Waals surface area contributed by atoms with Crippen molar-refractivity contribution in [3.8, 4) is 0 Å².